The molecule has 4 heterocycles. The van der Waals surface area contributed by atoms with Crippen molar-refractivity contribution in [3.8, 4) is 16.9 Å². The summed E-state index contributed by atoms with van der Waals surface area (Å²) in [5.41, 5.74) is 9.16. The monoisotopic (exact) mass is 685 g/mol. The Morgan fingerprint density at radius 1 is 1.00 bits per heavy atom. The minimum Gasteiger partial charge on any atom is -0.493 e. The van der Waals surface area contributed by atoms with Crippen molar-refractivity contribution in [2.45, 2.75) is 51.2 Å². The number of nitrogens with zero attached hydrogens (tertiary/aromatic N) is 5. The number of carbonyl (C=O) groups is 1. The number of fused-ring (bicyclic) bond motifs is 8. The van der Waals surface area contributed by atoms with Gasteiger partial charge < -0.3 is 14.0 Å². The summed E-state index contributed by atoms with van der Waals surface area (Å²) >= 11 is 8.79. The Morgan fingerprint density at radius 3 is 2.65 bits per heavy atom. The Labute approximate surface area is 287 Å². The molecule has 6 aromatic rings. The maximum atomic E-state index is 14.3. The van der Waals surface area contributed by atoms with Gasteiger partial charge in [0.1, 0.15) is 17.3 Å². The van der Waals surface area contributed by atoms with Gasteiger partial charge in [0.25, 0.3) is 0 Å². The molecule has 48 heavy (non-hydrogen) atoms. The maximum Gasteiger partial charge on any atom is 0.354 e. The first kappa shape index (κ1) is 32.3. The van der Waals surface area contributed by atoms with E-state index >= 15 is 0 Å². The summed E-state index contributed by atoms with van der Waals surface area (Å²) in [6.45, 7) is 4.91. The van der Waals surface area contributed by atoms with Crippen LogP contribution in [0, 0.1) is 19.7 Å². The highest BCUT2D eigenvalue weighted by atomic mass is 35.5. The van der Waals surface area contributed by atoms with Crippen LogP contribution in [0.4, 0.5) is 4.39 Å². The minimum absolute atomic E-state index is 0.283. The molecule has 1 aliphatic heterocycles. The highest BCUT2D eigenvalue weighted by Gasteiger charge is 2.27. The van der Waals surface area contributed by atoms with Crippen LogP contribution in [0.5, 0.6) is 5.75 Å². The van der Waals surface area contributed by atoms with Crippen molar-refractivity contribution in [3.63, 3.8) is 0 Å². The number of carbonyl (C=O) groups excluding carboxylic acids is 1. The minimum atomic E-state index is -0.407. The van der Waals surface area contributed by atoms with Crippen molar-refractivity contribution in [3.05, 3.63) is 99.0 Å². The van der Waals surface area contributed by atoms with E-state index < -0.39 is 5.97 Å². The molecule has 1 aliphatic rings. The molecule has 3 aromatic carbocycles. The van der Waals surface area contributed by atoms with Crippen LogP contribution in [0.2, 0.25) is 5.02 Å². The Bertz CT molecular complexity index is 2220. The summed E-state index contributed by atoms with van der Waals surface area (Å²) < 4.78 is 31.9. The molecule has 8 bridgehead atoms. The van der Waals surface area contributed by atoms with E-state index in [1.165, 1.54) is 13.2 Å². The first-order valence-electron chi connectivity index (χ1n) is 16.0. The number of aryl methyl sites for hydroxylation is 6. The lowest BCUT2D eigenvalue weighted by molar-refractivity contribution is 0.0587. The van der Waals surface area contributed by atoms with Gasteiger partial charge in [-0.25, -0.2) is 9.18 Å². The summed E-state index contributed by atoms with van der Waals surface area (Å²) in [6, 6.07) is 14.9. The molecule has 0 fully saturated rings. The SMILES string of the molecule is COC(=O)c1c(C)c2c3c(Cl)ccc2n1CCCOc1cc(cc2cc(F)ccc12)CCc1cc(nn1C)CSCc1nn(C)c(C)c1-3. The topological polar surface area (TPSA) is 76.1 Å². The highest BCUT2D eigenvalue weighted by Crippen LogP contribution is 2.43. The molecular formula is C37H37ClFN5O3S. The number of rotatable bonds is 1. The fraction of sp³-hybridized carbons (Fsp3) is 0.324. The first-order chi connectivity index (χ1) is 23.1. The molecule has 0 aliphatic carbocycles. The summed E-state index contributed by atoms with van der Waals surface area (Å²) in [6.07, 6.45) is 2.15. The largest absolute Gasteiger partial charge is 0.493 e. The number of aromatic nitrogens is 5. The number of hydrogen-bond acceptors (Lipinski definition) is 6. The van der Waals surface area contributed by atoms with Gasteiger partial charge in [-0.3, -0.25) is 9.36 Å². The van der Waals surface area contributed by atoms with Crippen LogP contribution in [0.1, 0.15) is 50.8 Å². The van der Waals surface area contributed by atoms with Gasteiger partial charge in [-0.05, 0) is 92.1 Å². The van der Waals surface area contributed by atoms with E-state index in [1.54, 1.807) is 23.9 Å². The molecule has 11 heteroatoms. The van der Waals surface area contributed by atoms with Crippen LogP contribution in [-0.2, 0) is 49.7 Å². The molecule has 0 N–H and O–H groups in total. The molecule has 3 aromatic heterocycles. The molecule has 7 rings (SSSR count). The average Bonchev–Trinajstić information content (AvgIpc) is 3.66. The molecule has 248 valence electrons. The van der Waals surface area contributed by atoms with E-state index in [9.17, 15) is 9.18 Å². The second-order valence-corrected chi connectivity index (χ2v) is 13.8. The molecule has 0 unspecified atom stereocenters. The Morgan fingerprint density at radius 2 is 1.83 bits per heavy atom. The van der Waals surface area contributed by atoms with E-state index in [-0.39, 0.29) is 5.82 Å². The van der Waals surface area contributed by atoms with Crippen molar-refractivity contribution in [2.24, 2.45) is 14.1 Å². The second kappa shape index (κ2) is 13.0. The van der Waals surface area contributed by atoms with Crippen molar-refractivity contribution in [2.75, 3.05) is 13.7 Å². The van der Waals surface area contributed by atoms with Gasteiger partial charge in [-0.2, -0.15) is 10.2 Å². The molecule has 0 atom stereocenters. The smallest absolute Gasteiger partial charge is 0.354 e. The normalized spacial score (nSPS) is 14.1. The lowest BCUT2D eigenvalue weighted by Gasteiger charge is -2.14. The van der Waals surface area contributed by atoms with Gasteiger partial charge in [0, 0.05) is 76.0 Å². The fourth-order valence-corrected chi connectivity index (χ4v) is 8.09. The van der Waals surface area contributed by atoms with Crippen LogP contribution in [0.15, 0.2) is 48.5 Å². The van der Waals surface area contributed by atoms with Crippen LogP contribution in [0.25, 0.3) is 32.8 Å². The quantitative estimate of drug-likeness (QED) is 0.163. The van der Waals surface area contributed by atoms with E-state index in [0.717, 1.165) is 85.3 Å². The van der Waals surface area contributed by atoms with E-state index in [1.807, 2.05) is 53.1 Å². The second-order valence-electron chi connectivity index (χ2n) is 12.4. The Balaban J connectivity index is 1.37. The van der Waals surface area contributed by atoms with Crippen LogP contribution in [-0.4, -0.2) is 43.8 Å². The standard InChI is InChI=1S/C37H37ClFN5O3S/c1-21-33-31-12-11-29(38)35(33)34-22(2)42(3)41-30(34)20-48-19-26-18-27(43(4)40-26)9-7-23-15-24-17-25(39)8-10-28(24)32(16-23)47-14-6-13-44(31)36(21)37(45)46-5/h8,10-12,15-18H,6-7,9,13-14,19-20H2,1-5H3. The molecular weight excluding hydrogens is 649 g/mol. The maximum absolute atomic E-state index is 14.3. The molecule has 0 saturated carbocycles. The third-order valence-electron chi connectivity index (χ3n) is 9.36. The van der Waals surface area contributed by atoms with E-state index in [0.29, 0.717) is 41.8 Å². The predicted octanol–water partition coefficient (Wildman–Crippen LogP) is 8.13. The first-order valence-corrected chi connectivity index (χ1v) is 17.5. The van der Waals surface area contributed by atoms with Crippen molar-refractivity contribution >= 4 is 51.0 Å². The zero-order chi connectivity index (χ0) is 33.7. The molecule has 0 radical (unpaired) electrons. The fourth-order valence-electron chi connectivity index (χ4n) is 6.99. The highest BCUT2D eigenvalue weighted by molar-refractivity contribution is 7.97. The zero-order valence-corrected chi connectivity index (χ0v) is 29.3. The van der Waals surface area contributed by atoms with Gasteiger partial charge in [0.15, 0.2) is 0 Å². The zero-order valence-electron chi connectivity index (χ0n) is 27.7. The van der Waals surface area contributed by atoms with Gasteiger partial charge >= 0.3 is 5.97 Å². The summed E-state index contributed by atoms with van der Waals surface area (Å²) in [5, 5.41) is 12.9. The number of esters is 1. The van der Waals surface area contributed by atoms with Crippen molar-refractivity contribution in [1.29, 1.82) is 0 Å². The number of hydrogen-bond donors (Lipinski definition) is 0. The summed E-state index contributed by atoms with van der Waals surface area (Å²) in [5.74, 6) is 1.40. The van der Waals surface area contributed by atoms with Gasteiger partial charge in [0.05, 0.1) is 25.1 Å². The van der Waals surface area contributed by atoms with Gasteiger partial charge in [0.2, 0.25) is 0 Å². The Kier molecular flexibility index (Phi) is 8.72. The van der Waals surface area contributed by atoms with Crippen LogP contribution in [0.3, 0.4) is 0 Å². The lowest BCUT2D eigenvalue weighted by Crippen LogP contribution is -2.13. The number of halogens is 2. The predicted molar refractivity (Wildman–Crippen MR) is 190 cm³/mol. The van der Waals surface area contributed by atoms with Crippen molar-refractivity contribution in [1.82, 2.24) is 24.1 Å². The van der Waals surface area contributed by atoms with E-state index in [4.69, 9.17) is 31.3 Å². The number of thioether (sulfide) groups is 1. The van der Waals surface area contributed by atoms with Gasteiger partial charge in [-0.1, -0.05) is 17.7 Å². The van der Waals surface area contributed by atoms with E-state index in [2.05, 4.69) is 19.1 Å². The number of ether oxygens (including phenoxy) is 2. The Hall–Kier alpha value is -4.28. The van der Waals surface area contributed by atoms with Crippen LogP contribution < -0.4 is 4.74 Å². The molecule has 0 amide bonds. The third kappa shape index (κ3) is 5.75. The van der Waals surface area contributed by atoms with Crippen LogP contribution >= 0.6 is 23.4 Å². The summed E-state index contributed by atoms with van der Waals surface area (Å²) in [4.78, 5) is 13.3. The number of methoxy groups -OCH3 is 1. The van der Waals surface area contributed by atoms with Gasteiger partial charge in [-0.15, -0.1) is 11.8 Å². The summed E-state index contributed by atoms with van der Waals surface area (Å²) in [7, 11) is 5.33. The molecule has 0 spiro atoms. The molecule has 0 saturated heterocycles. The molecule has 8 nitrogen and oxygen atoms in total. The average molecular weight is 686 g/mol. The number of benzene rings is 3. The van der Waals surface area contributed by atoms with Crippen molar-refractivity contribution < 1.29 is 18.7 Å². The lowest BCUT2D eigenvalue weighted by atomic mass is 9.97. The third-order valence-corrected chi connectivity index (χ3v) is 10.7.